The predicted octanol–water partition coefficient (Wildman–Crippen LogP) is 2.07. The van der Waals surface area contributed by atoms with E-state index in [-0.39, 0.29) is 0 Å². The molecule has 15 heavy (non-hydrogen) atoms. The molecule has 0 amide bonds. The molecule has 0 unspecified atom stereocenters. The van der Waals surface area contributed by atoms with Gasteiger partial charge in [-0.25, -0.2) is 4.79 Å². The van der Waals surface area contributed by atoms with Crippen molar-refractivity contribution in [1.82, 2.24) is 0 Å². The maximum atomic E-state index is 10.1. The first-order valence-corrected chi connectivity index (χ1v) is 4.81. The summed E-state index contributed by atoms with van der Waals surface area (Å²) in [6.07, 6.45) is 0. The van der Waals surface area contributed by atoms with Gasteiger partial charge < -0.3 is 9.47 Å². The van der Waals surface area contributed by atoms with Gasteiger partial charge in [-0.2, -0.15) is 0 Å². The highest BCUT2D eigenvalue weighted by Gasteiger charge is 2.19. The van der Waals surface area contributed by atoms with Crippen molar-refractivity contribution < 1.29 is 14.3 Å². The number of carbonyl (C=O) groups excluding carboxylic acids is 1. The lowest BCUT2D eigenvalue weighted by atomic mass is 10.1. The van der Waals surface area contributed by atoms with Crippen LogP contribution in [0.3, 0.4) is 0 Å². The van der Waals surface area contributed by atoms with Gasteiger partial charge in [0.15, 0.2) is 0 Å². The molecule has 3 nitrogen and oxygen atoms in total. The van der Waals surface area contributed by atoms with Gasteiger partial charge in [-0.3, -0.25) is 0 Å². The fourth-order valence-corrected chi connectivity index (χ4v) is 1.13. The molecule has 0 bridgehead atoms. The zero-order chi connectivity index (χ0) is 11.1. The van der Waals surface area contributed by atoms with Crippen molar-refractivity contribution in [2.24, 2.45) is 0 Å². The molecule has 0 atom stereocenters. The first-order chi connectivity index (χ1) is 7.14. The topological polar surface area (TPSA) is 35.5 Å². The molecule has 0 aliphatic heterocycles. The average Bonchev–Trinajstić information content (AvgIpc) is 2.19. The maximum absolute atomic E-state index is 10.1. The Kier molecular flexibility index (Phi) is 4.31. The molecular weight excluding hydrogens is 192 g/mol. The standard InChI is InChI=1S/C12H15O3/c1-12(2,15-10-13)9-14-8-11-6-4-3-5-7-11/h3-7H,8-9H2,1-2H3. The van der Waals surface area contributed by atoms with Crippen LogP contribution in [0.25, 0.3) is 0 Å². The van der Waals surface area contributed by atoms with Gasteiger partial charge in [0.1, 0.15) is 5.60 Å². The second kappa shape index (κ2) is 5.51. The first-order valence-electron chi connectivity index (χ1n) is 4.81. The van der Waals surface area contributed by atoms with Gasteiger partial charge in [0.25, 0.3) is 0 Å². The number of benzene rings is 1. The van der Waals surface area contributed by atoms with Crippen LogP contribution in [-0.4, -0.2) is 18.7 Å². The van der Waals surface area contributed by atoms with E-state index in [1.54, 1.807) is 13.8 Å². The molecule has 0 spiro atoms. The number of hydrogen-bond acceptors (Lipinski definition) is 3. The summed E-state index contributed by atoms with van der Waals surface area (Å²) in [5.41, 5.74) is 0.486. The number of ether oxygens (including phenoxy) is 2. The monoisotopic (exact) mass is 207 g/mol. The van der Waals surface area contributed by atoms with Gasteiger partial charge in [0.2, 0.25) is 0 Å². The number of rotatable bonds is 6. The lowest BCUT2D eigenvalue weighted by Gasteiger charge is -2.21. The molecule has 81 valence electrons. The van der Waals surface area contributed by atoms with E-state index in [1.807, 2.05) is 30.3 Å². The fourth-order valence-electron chi connectivity index (χ4n) is 1.13. The van der Waals surface area contributed by atoms with Crippen molar-refractivity contribution >= 4 is 6.47 Å². The van der Waals surface area contributed by atoms with Gasteiger partial charge in [-0.15, -0.1) is 0 Å². The highest BCUT2D eigenvalue weighted by Crippen LogP contribution is 2.09. The molecule has 0 aromatic heterocycles. The molecule has 1 rings (SSSR count). The summed E-state index contributed by atoms with van der Waals surface area (Å²) in [5, 5.41) is 0. The number of hydrogen-bond donors (Lipinski definition) is 0. The third kappa shape index (κ3) is 4.61. The predicted molar refractivity (Wildman–Crippen MR) is 57.0 cm³/mol. The Bertz CT molecular complexity index is 293. The van der Waals surface area contributed by atoms with E-state index in [2.05, 4.69) is 0 Å². The molecule has 0 heterocycles. The zero-order valence-electron chi connectivity index (χ0n) is 9.03. The molecule has 0 aliphatic carbocycles. The Hall–Kier alpha value is -1.35. The van der Waals surface area contributed by atoms with Gasteiger partial charge in [-0.1, -0.05) is 30.3 Å². The van der Waals surface area contributed by atoms with Crippen LogP contribution in [0.5, 0.6) is 0 Å². The first kappa shape index (κ1) is 11.7. The Morgan fingerprint density at radius 3 is 2.53 bits per heavy atom. The second-order valence-corrected chi connectivity index (χ2v) is 3.92. The van der Waals surface area contributed by atoms with Crippen molar-refractivity contribution in [2.75, 3.05) is 6.61 Å². The molecule has 0 saturated heterocycles. The SMILES string of the molecule is CC(C)(COCc1ccccc1)O[C]=O. The molecule has 0 N–H and O–H groups in total. The molecule has 1 aromatic carbocycles. The van der Waals surface area contributed by atoms with Crippen LogP contribution in [0.1, 0.15) is 19.4 Å². The fraction of sp³-hybridized carbons (Fsp3) is 0.417. The summed E-state index contributed by atoms with van der Waals surface area (Å²) >= 11 is 0. The van der Waals surface area contributed by atoms with Crippen molar-refractivity contribution in [3.63, 3.8) is 0 Å². The third-order valence-electron chi connectivity index (χ3n) is 1.88. The zero-order valence-corrected chi connectivity index (χ0v) is 9.03. The van der Waals surface area contributed by atoms with E-state index in [9.17, 15) is 4.79 Å². The minimum atomic E-state index is -0.615. The summed E-state index contributed by atoms with van der Waals surface area (Å²) in [7, 11) is 0. The van der Waals surface area contributed by atoms with Crippen LogP contribution in [0.4, 0.5) is 0 Å². The highest BCUT2D eigenvalue weighted by molar-refractivity contribution is 5.39. The maximum Gasteiger partial charge on any atom is 0.418 e. The summed E-state index contributed by atoms with van der Waals surface area (Å²) < 4.78 is 10.2. The summed E-state index contributed by atoms with van der Waals surface area (Å²) in [4.78, 5) is 10.1. The van der Waals surface area contributed by atoms with E-state index in [1.165, 1.54) is 6.47 Å². The van der Waals surface area contributed by atoms with Gasteiger partial charge >= 0.3 is 6.47 Å². The van der Waals surface area contributed by atoms with Crippen LogP contribution in [-0.2, 0) is 20.9 Å². The van der Waals surface area contributed by atoms with Gasteiger partial charge in [-0.05, 0) is 19.4 Å². The largest absolute Gasteiger partial charge is 0.449 e. The minimum Gasteiger partial charge on any atom is -0.449 e. The van der Waals surface area contributed by atoms with Crippen molar-refractivity contribution in [3.8, 4) is 0 Å². The lowest BCUT2D eigenvalue weighted by molar-refractivity contribution is -0.0191. The Labute approximate surface area is 90.0 Å². The highest BCUT2D eigenvalue weighted by atomic mass is 16.6. The Balaban J connectivity index is 2.30. The van der Waals surface area contributed by atoms with Crippen molar-refractivity contribution in [1.29, 1.82) is 0 Å². The Morgan fingerprint density at radius 1 is 1.27 bits per heavy atom. The Morgan fingerprint density at radius 2 is 1.93 bits per heavy atom. The van der Waals surface area contributed by atoms with E-state index in [4.69, 9.17) is 9.47 Å². The summed E-state index contributed by atoms with van der Waals surface area (Å²) in [6, 6.07) is 9.84. The quantitative estimate of drug-likeness (QED) is 0.716. The second-order valence-electron chi connectivity index (χ2n) is 3.92. The normalized spacial score (nSPS) is 11.1. The summed E-state index contributed by atoms with van der Waals surface area (Å²) in [6.45, 7) is 5.87. The molecule has 0 saturated carbocycles. The molecule has 1 aromatic rings. The molecule has 1 radical (unpaired) electrons. The average molecular weight is 207 g/mol. The lowest BCUT2D eigenvalue weighted by Crippen LogP contribution is -2.30. The van der Waals surface area contributed by atoms with Crippen LogP contribution in [0, 0.1) is 0 Å². The van der Waals surface area contributed by atoms with Crippen LogP contribution >= 0.6 is 0 Å². The molecule has 0 fully saturated rings. The van der Waals surface area contributed by atoms with Gasteiger partial charge in [0.05, 0.1) is 13.2 Å². The van der Waals surface area contributed by atoms with Crippen LogP contribution in [0.2, 0.25) is 0 Å². The molecular formula is C12H15O3. The van der Waals surface area contributed by atoms with E-state index in [0.29, 0.717) is 13.2 Å². The van der Waals surface area contributed by atoms with Crippen LogP contribution in [0.15, 0.2) is 30.3 Å². The molecule has 3 heteroatoms. The van der Waals surface area contributed by atoms with Crippen LogP contribution < -0.4 is 0 Å². The molecule has 0 aliphatic rings. The van der Waals surface area contributed by atoms with Crippen molar-refractivity contribution in [3.05, 3.63) is 35.9 Å². The summed E-state index contributed by atoms with van der Waals surface area (Å²) in [5.74, 6) is 0. The van der Waals surface area contributed by atoms with Gasteiger partial charge in [0, 0.05) is 0 Å². The van der Waals surface area contributed by atoms with E-state index in [0.717, 1.165) is 5.56 Å². The van der Waals surface area contributed by atoms with E-state index < -0.39 is 5.60 Å². The van der Waals surface area contributed by atoms with Crippen molar-refractivity contribution in [2.45, 2.75) is 26.1 Å². The van der Waals surface area contributed by atoms with E-state index >= 15 is 0 Å². The third-order valence-corrected chi connectivity index (χ3v) is 1.88. The minimum absolute atomic E-state index is 0.358. The smallest absolute Gasteiger partial charge is 0.418 e.